The minimum atomic E-state index is -0.830. The van der Waals surface area contributed by atoms with Gasteiger partial charge in [-0.3, -0.25) is 9.59 Å². The molecule has 2 aromatic rings. The van der Waals surface area contributed by atoms with E-state index in [0.29, 0.717) is 5.02 Å². The zero-order chi connectivity index (χ0) is 18.5. The molecule has 1 aliphatic carbocycles. The Morgan fingerprint density at radius 1 is 1.19 bits per heavy atom. The van der Waals surface area contributed by atoms with E-state index in [-0.39, 0.29) is 18.4 Å². The lowest BCUT2D eigenvalue weighted by Gasteiger charge is -2.27. The maximum absolute atomic E-state index is 12.4. The lowest BCUT2D eigenvalue weighted by molar-refractivity contribution is -0.154. The number of carbonyl (C=O) groups excluding carboxylic acids is 2. The third-order valence-electron chi connectivity index (χ3n) is 4.63. The molecule has 0 saturated heterocycles. The van der Waals surface area contributed by atoms with Crippen LogP contribution in [0.25, 0.3) is 0 Å². The number of carbonyl (C=O) groups is 2. The Morgan fingerprint density at radius 3 is 2.69 bits per heavy atom. The molecule has 0 spiro atoms. The molecule has 1 N–H and O–H groups in total. The second kappa shape index (κ2) is 8.37. The molecule has 2 aromatic carbocycles. The Kier molecular flexibility index (Phi) is 5.94. The summed E-state index contributed by atoms with van der Waals surface area (Å²) in [6.07, 6.45) is 2.25. The van der Waals surface area contributed by atoms with E-state index in [1.165, 1.54) is 5.56 Å². The zero-order valence-electron chi connectivity index (χ0n) is 14.7. The molecular formula is C21H22ClNO3. The van der Waals surface area contributed by atoms with Crippen LogP contribution in [0.15, 0.2) is 48.5 Å². The first-order valence-electron chi connectivity index (χ1n) is 8.85. The van der Waals surface area contributed by atoms with Gasteiger partial charge in [-0.25, -0.2) is 0 Å². The molecule has 26 heavy (non-hydrogen) atoms. The van der Waals surface area contributed by atoms with Crippen molar-refractivity contribution in [3.8, 4) is 0 Å². The molecule has 136 valence electrons. The van der Waals surface area contributed by atoms with Gasteiger partial charge < -0.3 is 10.1 Å². The normalized spacial score (nSPS) is 17.1. The van der Waals surface area contributed by atoms with Crippen LogP contribution in [0, 0.1) is 0 Å². The summed E-state index contributed by atoms with van der Waals surface area (Å²) < 4.78 is 5.29. The van der Waals surface area contributed by atoms with Crippen LogP contribution in [0.1, 0.15) is 42.5 Å². The highest BCUT2D eigenvalue weighted by Crippen LogP contribution is 2.29. The fraction of sp³-hybridized carbons (Fsp3) is 0.333. The Morgan fingerprint density at radius 2 is 1.92 bits per heavy atom. The maximum Gasteiger partial charge on any atom is 0.311 e. The third-order valence-corrected chi connectivity index (χ3v) is 4.88. The molecule has 1 aliphatic rings. The van der Waals surface area contributed by atoms with Crippen LogP contribution < -0.4 is 5.32 Å². The van der Waals surface area contributed by atoms with E-state index in [9.17, 15) is 9.59 Å². The van der Waals surface area contributed by atoms with Crippen LogP contribution in [0.3, 0.4) is 0 Å². The van der Waals surface area contributed by atoms with Crippen LogP contribution >= 0.6 is 11.6 Å². The van der Waals surface area contributed by atoms with E-state index in [0.717, 1.165) is 30.4 Å². The van der Waals surface area contributed by atoms with Crippen molar-refractivity contribution in [1.82, 2.24) is 5.32 Å². The van der Waals surface area contributed by atoms with E-state index in [4.69, 9.17) is 16.3 Å². The number of benzene rings is 2. The van der Waals surface area contributed by atoms with Gasteiger partial charge in [0.05, 0.1) is 12.5 Å². The standard InChI is InChI=1S/C21H22ClNO3/c1-14(26-20(24)13-15-9-11-17(22)12-10-15)21(25)23-19-8-4-6-16-5-2-3-7-18(16)19/h2-3,5,7,9-12,14,19H,4,6,8,13H2,1H3,(H,23,25)/t14-,19-/m1/s1. The summed E-state index contributed by atoms with van der Waals surface area (Å²) in [7, 11) is 0. The molecule has 0 aromatic heterocycles. The summed E-state index contributed by atoms with van der Waals surface area (Å²) in [6.45, 7) is 1.60. The Bertz CT molecular complexity index is 788. The van der Waals surface area contributed by atoms with Gasteiger partial charge in [-0.15, -0.1) is 0 Å². The van der Waals surface area contributed by atoms with Crippen LogP contribution in [0.2, 0.25) is 5.02 Å². The molecule has 2 atom stereocenters. The lowest BCUT2D eigenvalue weighted by Crippen LogP contribution is -2.39. The zero-order valence-corrected chi connectivity index (χ0v) is 15.5. The highest BCUT2D eigenvalue weighted by molar-refractivity contribution is 6.30. The summed E-state index contributed by atoms with van der Waals surface area (Å²) in [5.41, 5.74) is 3.23. The van der Waals surface area contributed by atoms with Crippen molar-refractivity contribution in [2.45, 2.75) is 44.8 Å². The first kappa shape index (κ1) is 18.5. The monoisotopic (exact) mass is 371 g/mol. The van der Waals surface area contributed by atoms with Crippen molar-refractivity contribution < 1.29 is 14.3 Å². The van der Waals surface area contributed by atoms with Crippen LogP contribution in [-0.2, 0) is 27.2 Å². The number of halogens is 1. The van der Waals surface area contributed by atoms with Gasteiger partial charge in [0.2, 0.25) is 0 Å². The number of nitrogens with one attached hydrogen (secondary N) is 1. The summed E-state index contributed by atoms with van der Waals surface area (Å²) in [6, 6.07) is 15.1. The SMILES string of the molecule is C[C@@H](OC(=O)Cc1ccc(Cl)cc1)C(=O)N[C@@H]1CCCc2ccccc21. The molecule has 0 heterocycles. The second-order valence-corrected chi connectivity index (χ2v) is 7.02. The van der Waals surface area contributed by atoms with Crippen LogP contribution in [0.5, 0.6) is 0 Å². The smallest absolute Gasteiger partial charge is 0.311 e. The van der Waals surface area contributed by atoms with E-state index in [1.54, 1.807) is 31.2 Å². The average Bonchev–Trinajstić information content (AvgIpc) is 2.64. The molecule has 0 fully saturated rings. The van der Waals surface area contributed by atoms with Gasteiger partial charge in [-0.05, 0) is 55.0 Å². The van der Waals surface area contributed by atoms with Gasteiger partial charge in [-0.2, -0.15) is 0 Å². The maximum atomic E-state index is 12.4. The first-order chi connectivity index (χ1) is 12.5. The highest BCUT2D eigenvalue weighted by atomic mass is 35.5. The predicted octanol–water partition coefficient (Wildman–Crippen LogP) is 4.01. The molecule has 0 unspecified atom stereocenters. The minimum Gasteiger partial charge on any atom is -0.452 e. The van der Waals surface area contributed by atoms with Gasteiger partial charge in [0, 0.05) is 5.02 Å². The molecule has 3 rings (SSSR count). The predicted molar refractivity (Wildman–Crippen MR) is 101 cm³/mol. The van der Waals surface area contributed by atoms with Gasteiger partial charge in [0.25, 0.3) is 5.91 Å². The number of ether oxygens (including phenoxy) is 1. The topological polar surface area (TPSA) is 55.4 Å². The quantitative estimate of drug-likeness (QED) is 0.808. The number of hydrogen-bond donors (Lipinski definition) is 1. The number of aryl methyl sites for hydroxylation is 1. The van der Waals surface area contributed by atoms with Crippen molar-refractivity contribution in [3.63, 3.8) is 0 Å². The summed E-state index contributed by atoms with van der Waals surface area (Å²) in [5.74, 6) is -0.699. The fourth-order valence-electron chi connectivity index (χ4n) is 3.25. The minimum absolute atomic E-state index is 0.0233. The van der Waals surface area contributed by atoms with Crippen molar-refractivity contribution in [2.75, 3.05) is 0 Å². The molecule has 0 radical (unpaired) electrons. The van der Waals surface area contributed by atoms with Crippen molar-refractivity contribution in [1.29, 1.82) is 0 Å². The molecule has 0 aliphatic heterocycles. The molecular weight excluding hydrogens is 350 g/mol. The van der Waals surface area contributed by atoms with Crippen molar-refractivity contribution >= 4 is 23.5 Å². The Labute approximate surface area is 158 Å². The molecule has 4 nitrogen and oxygen atoms in total. The van der Waals surface area contributed by atoms with Crippen LogP contribution in [-0.4, -0.2) is 18.0 Å². The average molecular weight is 372 g/mol. The van der Waals surface area contributed by atoms with Gasteiger partial charge >= 0.3 is 5.97 Å². The van der Waals surface area contributed by atoms with E-state index < -0.39 is 12.1 Å². The lowest BCUT2D eigenvalue weighted by atomic mass is 9.87. The fourth-order valence-corrected chi connectivity index (χ4v) is 3.38. The molecule has 0 saturated carbocycles. The summed E-state index contributed by atoms with van der Waals surface area (Å²) in [5, 5.41) is 3.63. The van der Waals surface area contributed by atoms with E-state index >= 15 is 0 Å². The second-order valence-electron chi connectivity index (χ2n) is 6.59. The summed E-state index contributed by atoms with van der Waals surface area (Å²) in [4.78, 5) is 24.5. The van der Waals surface area contributed by atoms with Crippen molar-refractivity contribution in [3.05, 3.63) is 70.2 Å². The van der Waals surface area contributed by atoms with Gasteiger partial charge in [0.1, 0.15) is 0 Å². The van der Waals surface area contributed by atoms with Crippen molar-refractivity contribution in [2.24, 2.45) is 0 Å². The van der Waals surface area contributed by atoms with E-state index in [2.05, 4.69) is 17.4 Å². The van der Waals surface area contributed by atoms with Crippen LogP contribution in [0.4, 0.5) is 0 Å². The number of amides is 1. The number of rotatable bonds is 5. The van der Waals surface area contributed by atoms with E-state index in [1.807, 2.05) is 12.1 Å². The molecule has 1 amide bonds. The number of esters is 1. The molecule has 0 bridgehead atoms. The number of hydrogen-bond acceptors (Lipinski definition) is 3. The largest absolute Gasteiger partial charge is 0.452 e. The first-order valence-corrected chi connectivity index (χ1v) is 9.23. The summed E-state index contributed by atoms with van der Waals surface area (Å²) >= 11 is 5.83. The van der Waals surface area contributed by atoms with Gasteiger partial charge in [-0.1, -0.05) is 48.0 Å². The number of fused-ring (bicyclic) bond motifs is 1. The third kappa shape index (κ3) is 4.64. The Hall–Kier alpha value is -2.33. The molecule has 5 heteroatoms. The van der Waals surface area contributed by atoms with Gasteiger partial charge in [0.15, 0.2) is 6.10 Å². The highest BCUT2D eigenvalue weighted by Gasteiger charge is 2.25. The Balaban J connectivity index is 1.55.